The van der Waals surface area contributed by atoms with Gasteiger partial charge in [-0.25, -0.2) is 15.0 Å². The van der Waals surface area contributed by atoms with Crippen LogP contribution in [0.5, 0.6) is 0 Å². The average molecular weight is 716 g/mol. The first-order valence-corrected chi connectivity index (χ1v) is 18.9. The molecule has 4 nitrogen and oxygen atoms in total. The van der Waals surface area contributed by atoms with Crippen molar-refractivity contribution in [3.8, 4) is 56.4 Å². The number of rotatable bonds is 6. The molecule has 0 saturated heterocycles. The van der Waals surface area contributed by atoms with E-state index in [1.807, 2.05) is 48.5 Å². The molecular weight excluding hydrogens is 683 g/mol. The van der Waals surface area contributed by atoms with Gasteiger partial charge in [0.2, 0.25) is 0 Å². The van der Waals surface area contributed by atoms with Crippen molar-refractivity contribution in [3.05, 3.63) is 222 Å². The van der Waals surface area contributed by atoms with Gasteiger partial charge in [-0.1, -0.05) is 188 Å². The Morgan fingerprint density at radius 1 is 0.321 bits per heavy atom. The molecule has 8 aromatic carbocycles. The number of benzene rings is 8. The van der Waals surface area contributed by atoms with Crippen LogP contribution in [0.25, 0.3) is 78.4 Å². The predicted octanol–water partition coefficient (Wildman–Crippen LogP) is 12.8. The maximum atomic E-state index is 6.49. The highest BCUT2D eigenvalue weighted by Gasteiger charge is 2.46. The van der Waals surface area contributed by atoms with Crippen LogP contribution in [0.3, 0.4) is 0 Å². The molecule has 0 unspecified atom stereocenters. The van der Waals surface area contributed by atoms with Crippen LogP contribution in [-0.2, 0) is 5.41 Å². The van der Waals surface area contributed by atoms with Crippen molar-refractivity contribution >= 4 is 21.9 Å². The first-order valence-electron chi connectivity index (χ1n) is 18.9. The van der Waals surface area contributed by atoms with Crippen molar-refractivity contribution in [3.63, 3.8) is 0 Å². The van der Waals surface area contributed by atoms with Gasteiger partial charge in [0.15, 0.2) is 17.5 Å². The number of aromatic nitrogens is 3. The Morgan fingerprint density at radius 3 is 1.38 bits per heavy atom. The maximum Gasteiger partial charge on any atom is 0.164 e. The summed E-state index contributed by atoms with van der Waals surface area (Å²) in [4.78, 5) is 15.1. The van der Waals surface area contributed by atoms with Crippen molar-refractivity contribution in [2.24, 2.45) is 0 Å². The molecule has 0 saturated carbocycles. The van der Waals surface area contributed by atoms with Crippen LogP contribution in [0.1, 0.15) is 22.3 Å². The summed E-state index contributed by atoms with van der Waals surface area (Å²) in [5, 5.41) is 2.24. The lowest BCUT2D eigenvalue weighted by atomic mass is 9.67. The summed E-state index contributed by atoms with van der Waals surface area (Å²) >= 11 is 0. The lowest BCUT2D eigenvalue weighted by Gasteiger charge is -2.34. The number of furan rings is 1. The molecule has 0 N–H and O–H groups in total. The van der Waals surface area contributed by atoms with Crippen molar-refractivity contribution in [2.75, 3.05) is 0 Å². The lowest BCUT2D eigenvalue weighted by Crippen LogP contribution is -2.28. The molecule has 0 radical (unpaired) electrons. The standard InChI is InChI=1S/C52H33N3O/c1-3-13-34(14-4-1)35-23-25-37(26-24-35)50-53-49(36-15-5-2-6-16-36)54-51(55-50)38-27-29-39(30-28-38)52(45-20-10-7-17-41(45)42-18-8-11-21-46(42)52)40-31-32-44-43-19-9-12-22-47(43)56-48(44)33-40/h1-33H. The Morgan fingerprint density at radius 2 is 0.750 bits per heavy atom. The van der Waals surface area contributed by atoms with Gasteiger partial charge in [-0.3, -0.25) is 0 Å². The third-order valence-electron chi connectivity index (χ3n) is 11.3. The minimum absolute atomic E-state index is 0.584. The molecule has 56 heavy (non-hydrogen) atoms. The van der Waals surface area contributed by atoms with Crippen molar-refractivity contribution in [1.29, 1.82) is 0 Å². The van der Waals surface area contributed by atoms with E-state index in [1.165, 1.54) is 27.8 Å². The molecule has 4 heteroatoms. The van der Waals surface area contributed by atoms with Crippen LogP contribution in [0.15, 0.2) is 205 Å². The summed E-state index contributed by atoms with van der Waals surface area (Å²) in [5.41, 5.74) is 13.6. The summed E-state index contributed by atoms with van der Waals surface area (Å²) in [6.07, 6.45) is 0. The summed E-state index contributed by atoms with van der Waals surface area (Å²) in [6, 6.07) is 70.4. The van der Waals surface area contributed by atoms with E-state index in [4.69, 9.17) is 19.4 Å². The zero-order valence-corrected chi connectivity index (χ0v) is 30.3. The van der Waals surface area contributed by atoms with E-state index in [0.29, 0.717) is 17.5 Å². The van der Waals surface area contributed by atoms with E-state index in [0.717, 1.165) is 55.3 Å². The van der Waals surface area contributed by atoms with Gasteiger partial charge in [-0.15, -0.1) is 0 Å². The third kappa shape index (κ3) is 5.04. The highest BCUT2D eigenvalue weighted by Crippen LogP contribution is 2.56. The smallest absolute Gasteiger partial charge is 0.164 e. The molecule has 0 amide bonds. The lowest BCUT2D eigenvalue weighted by molar-refractivity contribution is 0.665. The van der Waals surface area contributed by atoms with Crippen LogP contribution in [0.2, 0.25) is 0 Å². The molecule has 0 spiro atoms. The van der Waals surface area contributed by atoms with Crippen LogP contribution in [0, 0.1) is 0 Å². The normalized spacial score (nSPS) is 12.8. The van der Waals surface area contributed by atoms with Gasteiger partial charge in [0.1, 0.15) is 11.2 Å². The minimum Gasteiger partial charge on any atom is -0.456 e. The molecule has 0 fully saturated rings. The van der Waals surface area contributed by atoms with Gasteiger partial charge in [0.25, 0.3) is 0 Å². The molecule has 10 aromatic rings. The van der Waals surface area contributed by atoms with Crippen molar-refractivity contribution in [2.45, 2.75) is 5.41 Å². The third-order valence-corrected chi connectivity index (χ3v) is 11.3. The highest BCUT2D eigenvalue weighted by atomic mass is 16.3. The summed E-state index contributed by atoms with van der Waals surface area (Å²) in [6.45, 7) is 0. The second-order valence-electron chi connectivity index (χ2n) is 14.3. The fraction of sp³-hybridized carbons (Fsp3) is 0.0192. The minimum atomic E-state index is -0.584. The molecule has 1 aliphatic rings. The van der Waals surface area contributed by atoms with Crippen LogP contribution in [-0.4, -0.2) is 15.0 Å². The number of hydrogen-bond donors (Lipinski definition) is 0. The number of para-hydroxylation sites is 1. The molecule has 0 atom stereocenters. The Balaban J connectivity index is 1.07. The van der Waals surface area contributed by atoms with Gasteiger partial charge in [-0.05, 0) is 56.6 Å². The fourth-order valence-electron chi connectivity index (χ4n) is 8.65. The van der Waals surface area contributed by atoms with Crippen LogP contribution < -0.4 is 0 Å². The first-order chi connectivity index (χ1) is 27.7. The SMILES string of the molecule is c1ccc(-c2ccc(-c3nc(-c4ccccc4)nc(-c4ccc(C5(c6ccc7c(c6)oc6ccccc67)c6ccccc6-c6ccccc65)cc4)n3)cc2)cc1. The van der Waals surface area contributed by atoms with Crippen LogP contribution in [0.4, 0.5) is 0 Å². The monoisotopic (exact) mass is 715 g/mol. The topological polar surface area (TPSA) is 51.8 Å². The van der Waals surface area contributed by atoms with Gasteiger partial charge >= 0.3 is 0 Å². The summed E-state index contributed by atoms with van der Waals surface area (Å²) in [5.74, 6) is 1.89. The Hall–Kier alpha value is -7.43. The Bertz CT molecular complexity index is 3010. The molecule has 0 bridgehead atoms. The molecular formula is C52H33N3O. The number of nitrogens with zero attached hydrogens (tertiary/aromatic N) is 3. The predicted molar refractivity (Wildman–Crippen MR) is 226 cm³/mol. The fourth-order valence-corrected chi connectivity index (χ4v) is 8.65. The van der Waals surface area contributed by atoms with Crippen molar-refractivity contribution < 1.29 is 4.42 Å². The Labute approximate surface area is 324 Å². The summed E-state index contributed by atoms with van der Waals surface area (Å²) in [7, 11) is 0. The zero-order valence-electron chi connectivity index (χ0n) is 30.3. The molecule has 0 aliphatic heterocycles. The van der Waals surface area contributed by atoms with Crippen molar-refractivity contribution in [1.82, 2.24) is 15.0 Å². The van der Waals surface area contributed by atoms with E-state index in [9.17, 15) is 0 Å². The highest BCUT2D eigenvalue weighted by molar-refractivity contribution is 6.05. The quantitative estimate of drug-likeness (QED) is 0.172. The van der Waals surface area contributed by atoms with Gasteiger partial charge in [-0.2, -0.15) is 0 Å². The molecule has 262 valence electrons. The first kappa shape index (κ1) is 32.0. The summed E-state index contributed by atoms with van der Waals surface area (Å²) < 4.78 is 6.49. The zero-order chi connectivity index (χ0) is 37.1. The second-order valence-corrected chi connectivity index (χ2v) is 14.3. The van der Waals surface area contributed by atoms with Gasteiger partial charge < -0.3 is 4.42 Å². The molecule has 2 heterocycles. The Kier molecular flexibility index (Phi) is 7.36. The number of hydrogen-bond acceptors (Lipinski definition) is 4. The van der Waals surface area contributed by atoms with E-state index >= 15 is 0 Å². The maximum absolute atomic E-state index is 6.49. The molecule has 11 rings (SSSR count). The average Bonchev–Trinajstić information content (AvgIpc) is 3.80. The van der Waals surface area contributed by atoms with Gasteiger partial charge in [0.05, 0.1) is 5.41 Å². The van der Waals surface area contributed by atoms with E-state index in [2.05, 4.69) is 152 Å². The second kappa shape index (κ2) is 12.9. The van der Waals surface area contributed by atoms with E-state index < -0.39 is 5.41 Å². The number of fused-ring (bicyclic) bond motifs is 6. The molecule has 1 aliphatic carbocycles. The van der Waals surface area contributed by atoms with Gasteiger partial charge in [0, 0.05) is 27.5 Å². The molecule has 2 aromatic heterocycles. The van der Waals surface area contributed by atoms with E-state index in [-0.39, 0.29) is 0 Å². The van der Waals surface area contributed by atoms with E-state index in [1.54, 1.807) is 0 Å². The van der Waals surface area contributed by atoms with Crippen LogP contribution >= 0.6 is 0 Å². The largest absolute Gasteiger partial charge is 0.456 e.